The number of rotatable bonds is 4. The SMILES string of the molecule is O=C(Cc1ccc2c(c1)CCO2)N[C@H]1CCO[C@H]1C(=O)O. The first-order valence-electron chi connectivity index (χ1n) is 7.02. The van der Waals surface area contributed by atoms with Crippen molar-refractivity contribution in [3.8, 4) is 5.75 Å². The molecular weight excluding hydrogens is 274 g/mol. The van der Waals surface area contributed by atoms with Crippen molar-refractivity contribution in [3.63, 3.8) is 0 Å². The van der Waals surface area contributed by atoms with Gasteiger partial charge in [-0.25, -0.2) is 4.79 Å². The number of nitrogens with one attached hydrogen (secondary N) is 1. The summed E-state index contributed by atoms with van der Waals surface area (Å²) in [6, 6.07) is 5.27. The number of fused-ring (bicyclic) bond motifs is 1. The van der Waals surface area contributed by atoms with E-state index in [2.05, 4.69) is 5.32 Å². The predicted molar refractivity (Wildman–Crippen MR) is 73.3 cm³/mol. The van der Waals surface area contributed by atoms with Crippen LogP contribution >= 0.6 is 0 Å². The van der Waals surface area contributed by atoms with E-state index in [-0.39, 0.29) is 12.3 Å². The normalized spacial score (nSPS) is 23.4. The van der Waals surface area contributed by atoms with Gasteiger partial charge in [-0.2, -0.15) is 0 Å². The highest BCUT2D eigenvalue weighted by atomic mass is 16.5. The molecule has 0 aliphatic carbocycles. The maximum atomic E-state index is 12.0. The van der Waals surface area contributed by atoms with Crippen LogP contribution in [0.25, 0.3) is 0 Å². The summed E-state index contributed by atoms with van der Waals surface area (Å²) in [7, 11) is 0. The molecular formula is C15H17NO5. The van der Waals surface area contributed by atoms with E-state index >= 15 is 0 Å². The van der Waals surface area contributed by atoms with Gasteiger partial charge in [-0.15, -0.1) is 0 Å². The highest BCUT2D eigenvalue weighted by Gasteiger charge is 2.35. The second kappa shape index (κ2) is 5.73. The molecule has 2 aliphatic rings. The molecule has 21 heavy (non-hydrogen) atoms. The summed E-state index contributed by atoms with van der Waals surface area (Å²) in [4.78, 5) is 23.0. The lowest BCUT2D eigenvalue weighted by Crippen LogP contribution is -2.44. The molecule has 0 saturated carbocycles. The summed E-state index contributed by atoms with van der Waals surface area (Å²) >= 11 is 0. The Labute approximate surface area is 122 Å². The average molecular weight is 291 g/mol. The van der Waals surface area contributed by atoms with Gasteiger partial charge in [0.15, 0.2) is 6.10 Å². The van der Waals surface area contributed by atoms with Crippen LogP contribution in [0.5, 0.6) is 5.75 Å². The zero-order valence-electron chi connectivity index (χ0n) is 11.5. The molecule has 2 heterocycles. The molecule has 0 radical (unpaired) electrons. The predicted octanol–water partition coefficient (Wildman–Crippen LogP) is 0.522. The third-order valence-corrected chi connectivity index (χ3v) is 3.80. The molecule has 2 atom stereocenters. The van der Waals surface area contributed by atoms with Gasteiger partial charge in [0, 0.05) is 13.0 Å². The van der Waals surface area contributed by atoms with Gasteiger partial charge in [-0.3, -0.25) is 4.79 Å². The van der Waals surface area contributed by atoms with E-state index < -0.39 is 18.1 Å². The minimum absolute atomic E-state index is 0.185. The van der Waals surface area contributed by atoms with E-state index in [4.69, 9.17) is 14.6 Å². The maximum Gasteiger partial charge on any atom is 0.334 e. The van der Waals surface area contributed by atoms with Gasteiger partial charge in [0.1, 0.15) is 5.75 Å². The average Bonchev–Trinajstić information content (AvgIpc) is 3.06. The third kappa shape index (κ3) is 3.00. The molecule has 1 fully saturated rings. The largest absolute Gasteiger partial charge is 0.493 e. The number of carboxylic acid groups (broad SMARTS) is 1. The highest BCUT2D eigenvalue weighted by molar-refractivity contribution is 5.81. The molecule has 1 amide bonds. The molecule has 0 spiro atoms. The zero-order chi connectivity index (χ0) is 14.8. The lowest BCUT2D eigenvalue weighted by atomic mass is 10.1. The van der Waals surface area contributed by atoms with E-state index in [1.54, 1.807) is 0 Å². The highest BCUT2D eigenvalue weighted by Crippen LogP contribution is 2.26. The zero-order valence-corrected chi connectivity index (χ0v) is 11.5. The van der Waals surface area contributed by atoms with Crippen molar-refractivity contribution < 1.29 is 24.2 Å². The van der Waals surface area contributed by atoms with Crippen molar-refractivity contribution in [3.05, 3.63) is 29.3 Å². The third-order valence-electron chi connectivity index (χ3n) is 3.80. The van der Waals surface area contributed by atoms with E-state index in [0.717, 1.165) is 23.3 Å². The van der Waals surface area contributed by atoms with Crippen LogP contribution < -0.4 is 10.1 Å². The molecule has 112 valence electrons. The summed E-state index contributed by atoms with van der Waals surface area (Å²) in [6.45, 7) is 1.04. The number of hydrogen-bond donors (Lipinski definition) is 2. The minimum Gasteiger partial charge on any atom is -0.493 e. The Morgan fingerprint density at radius 3 is 3.00 bits per heavy atom. The van der Waals surface area contributed by atoms with Crippen molar-refractivity contribution in [1.82, 2.24) is 5.32 Å². The van der Waals surface area contributed by atoms with Crippen LogP contribution in [-0.4, -0.2) is 42.3 Å². The van der Waals surface area contributed by atoms with Crippen LogP contribution in [0.2, 0.25) is 0 Å². The summed E-state index contributed by atoms with van der Waals surface area (Å²) in [5.74, 6) is -0.336. The first-order chi connectivity index (χ1) is 10.1. The molecule has 6 heteroatoms. The van der Waals surface area contributed by atoms with Crippen LogP contribution in [0.4, 0.5) is 0 Å². The van der Waals surface area contributed by atoms with E-state index in [0.29, 0.717) is 19.6 Å². The molecule has 2 aliphatic heterocycles. The van der Waals surface area contributed by atoms with Crippen molar-refractivity contribution >= 4 is 11.9 Å². The number of amides is 1. The molecule has 3 rings (SSSR count). The van der Waals surface area contributed by atoms with Crippen molar-refractivity contribution in [2.75, 3.05) is 13.2 Å². The number of benzene rings is 1. The molecule has 1 saturated heterocycles. The number of carboxylic acids is 1. The van der Waals surface area contributed by atoms with Gasteiger partial charge < -0.3 is 19.9 Å². The fourth-order valence-electron chi connectivity index (χ4n) is 2.77. The summed E-state index contributed by atoms with van der Waals surface area (Å²) in [6.07, 6.45) is 0.682. The summed E-state index contributed by atoms with van der Waals surface area (Å²) in [5.41, 5.74) is 2.02. The number of ether oxygens (including phenoxy) is 2. The molecule has 0 bridgehead atoms. The molecule has 1 aromatic carbocycles. The monoisotopic (exact) mass is 291 g/mol. The number of aliphatic carboxylic acids is 1. The first kappa shape index (κ1) is 13.9. The van der Waals surface area contributed by atoms with Gasteiger partial charge >= 0.3 is 5.97 Å². The van der Waals surface area contributed by atoms with Crippen LogP contribution in [0.3, 0.4) is 0 Å². The second-order valence-electron chi connectivity index (χ2n) is 5.31. The number of carbonyl (C=O) groups excluding carboxylic acids is 1. The summed E-state index contributed by atoms with van der Waals surface area (Å²) < 4.78 is 10.5. The van der Waals surface area contributed by atoms with Gasteiger partial charge in [0.05, 0.1) is 19.1 Å². The number of carbonyl (C=O) groups is 2. The van der Waals surface area contributed by atoms with E-state index in [1.807, 2.05) is 18.2 Å². The Hall–Kier alpha value is -2.08. The van der Waals surface area contributed by atoms with E-state index in [9.17, 15) is 9.59 Å². The Morgan fingerprint density at radius 2 is 2.19 bits per heavy atom. The van der Waals surface area contributed by atoms with Gasteiger partial charge in [-0.05, 0) is 23.6 Å². The van der Waals surface area contributed by atoms with Gasteiger partial charge in [-0.1, -0.05) is 12.1 Å². The molecule has 0 unspecified atom stereocenters. The second-order valence-corrected chi connectivity index (χ2v) is 5.31. The van der Waals surface area contributed by atoms with Crippen LogP contribution in [-0.2, 0) is 27.2 Å². The van der Waals surface area contributed by atoms with Crippen molar-refractivity contribution in [1.29, 1.82) is 0 Å². The first-order valence-corrected chi connectivity index (χ1v) is 7.02. The lowest BCUT2D eigenvalue weighted by Gasteiger charge is -2.16. The Morgan fingerprint density at radius 1 is 1.33 bits per heavy atom. The van der Waals surface area contributed by atoms with E-state index in [1.165, 1.54) is 0 Å². The maximum absolute atomic E-state index is 12.0. The fourth-order valence-corrected chi connectivity index (χ4v) is 2.77. The van der Waals surface area contributed by atoms with Crippen molar-refractivity contribution in [2.24, 2.45) is 0 Å². The van der Waals surface area contributed by atoms with Crippen LogP contribution in [0, 0.1) is 0 Å². The Kier molecular flexibility index (Phi) is 3.79. The molecule has 2 N–H and O–H groups in total. The van der Waals surface area contributed by atoms with Gasteiger partial charge in [0.2, 0.25) is 5.91 Å². The minimum atomic E-state index is -1.03. The molecule has 1 aromatic rings. The van der Waals surface area contributed by atoms with Crippen LogP contribution in [0.1, 0.15) is 17.5 Å². The smallest absolute Gasteiger partial charge is 0.334 e. The van der Waals surface area contributed by atoms with Gasteiger partial charge in [0.25, 0.3) is 0 Å². The standard InChI is InChI=1S/C15H17NO5/c17-13(16-11-4-6-21-14(11)15(18)19)8-9-1-2-12-10(7-9)3-5-20-12/h1-2,7,11,14H,3-6,8H2,(H,16,17)(H,18,19)/t11-,14+/m0/s1. The Bertz CT molecular complexity index is 571. The Balaban J connectivity index is 1.60. The number of hydrogen-bond acceptors (Lipinski definition) is 4. The van der Waals surface area contributed by atoms with Crippen LogP contribution in [0.15, 0.2) is 18.2 Å². The quantitative estimate of drug-likeness (QED) is 0.845. The topological polar surface area (TPSA) is 84.9 Å². The summed E-state index contributed by atoms with van der Waals surface area (Å²) in [5, 5.41) is 11.8. The lowest BCUT2D eigenvalue weighted by molar-refractivity contribution is -0.148. The van der Waals surface area contributed by atoms with Crippen molar-refractivity contribution in [2.45, 2.75) is 31.4 Å². The fraction of sp³-hybridized carbons (Fsp3) is 0.467. The molecule has 0 aromatic heterocycles. The molecule has 6 nitrogen and oxygen atoms in total.